The van der Waals surface area contributed by atoms with Crippen LogP contribution in [0.4, 0.5) is 0 Å². The first kappa shape index (κ1) is 45.0. The fourth-order valence-corrected chi connectivity index (χ4v) is 6.28. The molecule has 0 bridgehead atoms. The Kier molecular flexibility index (Phi) is 36.3. The molecule has 0 saturated heterocycles. The molecule has 0 heterocycles. The van der Waals surface area contributed by atoms with Gasteiger partial charge in [-0.1, -0.05) is 175 Å². The van der Waals surface area contributed by atoms with E-state index in [9.17, 15) is 0 Å². The zero-order valence-electron chi connectivity index (χ0n) is 29.8. The van der Waals surface area contributed by atoms with Gasteiger partial charge in [0.2, 0.25) is 0 Å². The van der Waals surface area contributed by atoms with Crippen LogP contribution in [0.1, 0.15) is 213 Å². The van der Waals surface area contributed by atoms with Crippen molar-refractivity contribution in [2.75, 3.05) is 26.7 Å². The summed E-state index contributed by atoms with van der Waals surface area (Å²) in [7, 11) is -2.56. The molecule has 0 atom stereocenters. The monoisotopic (exact) mass is 633 g/mol. The second-order valence-electron chi connectivity index (χ2n) is 13.7. The van der Waals surface area contributed by atoms with Gasteiger partial charge in [-0.15, -0.1) is 0 Å². The van der Waals surface area contributed by atoms with Gasteiger partial charge in [0.15, 0.2) is 0 Å². The second-order valence-corrected chi connectivity index (χ2v) is 14.6. The largest absolute Gasteiger partial charge is 0.759 e. The molecule has 0 aromatic heterocycles. The summed E-state index contributed by atoms with van der Waals surface area (Å²) in [5.74, 6) is 0. The Morgan fingerprint density at radius 1 is 0.349 bits per heavy atom. The lowest BCUT2D eigenvalue weighted by molar-refractivity contribution is -0.910. The van der Waals surface area contributed by atoms with E-state index in [1.54, 1.807) is 0 Å². The zero-order chi connectivity index (χ0) is 32.3. The molecular weight excluding hydrogens is 554 g/mol. The second kappa shape index (κ2) is 34.7. The number of hydrogen-bond acceptors (Lipinski definition) is 4. The van der Waals surface area contributed by atoms with Crippen LogP contribution in [-0.4, -0.2) is 48.7 Å². The van der Waals surface area contributed by atoms with Crippen LogP contribution in [0.15, 0.2) is 0 Å². The minimum Gasteiger partial charge on any atom is -0.759 e. The maximum absolute atomic E-state index is 8.52. The Balaban J connectivity index is 0. The van der Waals surface area contributed by atoms with E-state index >= 15 is 0 Å². The van der Waals surface area contributed by atoms with Crippen LogP contribution in [-0.2, 0) is 10.4 Å². The normalized spacial score (nSPS) is 12.0. The standard InChI is InChI=1S/C37H78N.H2O4S/c1-5-8-11-14-17-20-23-26-29-32-35-38(4,36-33-30-27-24-21-18-15-12-9-6-2)37-34-31-28-25-22-19-16-13-10-7-3;1-5(2,3)4/h5-37H2,1-4H3;(H2,1,2,3,4)/q+1;/p-2. The lowest BCUT2D eigenvalue weighted by atomic mass is 10.0. The molecule has 0 aliphatic rings. The van der Waals surface area contributed by atoms with Crippen LogP contribution in [0.3, 0.4) is 0 Å². The molecule has 0 unspecified atom stereocenters. The van der Waals surface area contributed by atoms with E-state index in [4.69, 9.17) is 17.5 Å². The maximum atomic E-state index is 8.52. The Labute approximate surface area is 271 Å². The molecule has 0 aromatic rings. The highest BCUT2D eigenvalue weighted by atomic mass is 32.3. The number of rotatable bonds is 33. The average Bonchev–Trinajstić information content (AvgIpc) is 2.95. The predicted molar refractivity (Wildman–Crippen MR) is 187 cm³/mol. The third kappa shape index (κ3) is 44.0. The minimum atomic E-state index is -5.17. The molecule has 0 fully saturated rings. The van der Waals surface area contributed by atoms with E-state index in [1.165, 1.54) is 217 Å². The molecule has 5 nitrogen and oxygen atoms in total. The smallest absolute Gasteiger partial charge is 0.0784 e. The number of hydrogen-bond donors (Lipinski definition) is 0. The van der Waals surface area contributed by atoms with Crippen molar-refractivity contribution in [1.82, 2.24) is 0 Å². The van der Waals surface area contributed by atoms with Gasteiger partial charge in [0.1, 0.15) is 0 Å². The third-order valence-electron chi connectivity index (χ3n) is 9.15. The SMILES string of the molecule is CCCCCCCCCCCC[N+](C)(CCCCCCCCCCCC)CCCCCCCCCCCC.O=S(=O)([O-])[O-]. The van der Waals surface area contributed by atoms with Gasteiger partial charge in [0, 0.05) is 10.4 Å². The first-order chi connectivity index (χ1) is 20.7. The van der Waals surface area contributed by atoms with E-state index < -0.39 is 10.4 Å². The van der Waals surface area contributed by atoms with Crippen LogP contribution in [0.2, 0.25) is 0 Å². The topological polar surface area (TPSA) is 80.3 Å². The first-order valence-corrected chi connectivity index (χ1v) is 20.5. The van der Waals surface area contributed by atoms with Crippen molar-refractivity contribution in [3.05, 3.63) is 0 Å². The molecule has 0 aromatic carbocycles. The summed E-state index contributed by atoms with van der Waals surface area (Å²) in [6.45, 7) is 11.3. The Hall–Kier alpha value is -0.170. The molecule has 0 radical (unpaired) electrons. The van der Waals surface area contributed by atoms with Crippen LogP contribution in [0.5, 0.6) is 0 Å². The summed E-state index contributed by atoms with van der Waals surface area (Å²) in [5.41, 5.74) is 0. The minimum absolute atomic E-state index is 1.37. The fraction of sp³-hybridized carbons (Fsp3) is 1.00. The highest BCUT2D eigenvalue weighted by molar-refractivity contribution is 7.79. The van der Waals surface area contributed by atoms with E-state index in [0.717, 1.165) is 0 Å². The lowest BCUT2D eigenvalue weighted by Crippen LogP contribution is -2.46. The number of nitrogens with zero attached hydrogens (tertiary/aromatic N) is 1. The van der Waals surface area contributed by atoms with Crippen molar-refractivity contribution >= 4 is 10.4 Å². The van der Waals surface area contributed by atoms with Gasteiger partial charge in [0.25, 0.3) is 0 Å². The molecule has 262 valence electrons. The molecule has 43 heavy (non-hydrogen) atoms. The van der Waals surface area contributed by atoms with E-state index in [1.807, 2.05) is 0 Å². The van der Waals surface area contributed by atoms with Crippen molar-refractivity contribution in [2.24, 2.45) is 0 Å². The fourth-order valence-electron chi connectivity index (χ4n) is 6.28. The summed E-state index contributed by atoms with van der Waals surface area (Å²) in [4.78, 5) is 0. The zero-order valence-corrected chi connectivity index (χ0v) is 30.6. The van der Waals surface area contributed by atoms with Gasteiger partial charge in [0.05, 0.1) is 26.7 Å². The molecule has 0 saturated carbocycles. The summed E-state index contributed by atoms with van der Waals surface area (Å²) >= 11 is 0. The summed E-state index contributed by atoms with van der Waals surface area (Å²) in [6, 6.07) is 0. The highest BCUT2D eigenvalue weighted by Gasteiger charge is 2.20. The van der Waals surface area contributed by atoms with Crippen molar-refractivity contribution in [1.29, 1.82) is 0 Å². The molecule has 6 heteroatoms. The Bertz CT molecular complexity index is 558. The maximum Gasteiger partial charge on any atom is 0.0784 e. The molecule has 0 N–H and O–H groups in total. The molecule has 0 aliphatic carbocycles. The number of quaternary nitrogens is 1. The molecule has 0 spiro atoms. The van der Waals surface area contributed by atoms with Crippen molar-refractivity contribution in [3.8, 4) is 0 Å². The van der Waals surface area contributed by atoms with Crippen molar-refractivity contribution in [3.63, 3.8) is 0 Å². The quantitative estimate of drug-likeness (QED) is 0.0312. The van der Waals surface area contributed by atoms with Gasteiger partial charge in [-0.05, 0) is 38.5 Å². The molecule has 0 aliphatic heterocycles. The van der Waals surface area contributed by atoms with Gasteiger partial charge >= 0.3 is 0 Å². The van der Waals surface area contributed by atoms with Crippen LogP contribution in [0, 0.1) is 0 Å². The van der Waals surface area contributed by atoms with E-state index in [-0.39, 0.29) is 0 Å². The molecule has 0 amide bonds. The average molecular weight is 633 g/mol. The van der Waals surface area contributed by atoms with Gasteiger partial charge in [-0.3, -0.25) is 8.42 Å². The van der Waals surface area contributed by atoms with Crippen molar-refractivity contribution in [2.45, 2.75) is 213 Å². The van der Waals surface area contributed by atoms with E-state index in [0.29, 0.717) is 0 Å². The summed E-state index contributed by atoms with van der Waals surface area (Å²) < 4.78 is 35.4. The third-order valence-corrected chi connectivity index (χ3v) is 9.15. The summed E-state index contributed by atoms with van der Waals surface area (Å²) in [5, 5.41) is 0. The summed E-state index contributed by atoms with van der Waals surface area (Å²) in [6.07, 6.45) is 43.8. The first-order valence-electron chi connectivity index (χ1n) is 19.2. The highest BCUT2D eigenvalue weighted by Crippen LogP contribution is 2.18. The van der Waals surface area contributed by atoms with Gasteiger partial charge in [-0.25, -0.2) is 0 Å². The lowest BCUT2D eigenvalue weighted by Gasteiger charge is -2.35. The van der Waals surface area contributed by atoms with Crippen LogP contribution in [0.25, 0.3) is 0 Å². The van der Waals surface area contributed by atoms with Crippen molar-refractivity contribution < 1.29 is 22.0 Å². The van der Waals surface area contributed by atoms with Gasteiger partial charge < -0.3 is 13.6 Å². The van der Waals surface area contributed by atoms with Crippen LogP contribution >= 0.6 is 0 Å². The van der Waals surface area contributed by atoms with Crippen LogP contribution < -0.4 is 0 Å². The molecule has 0 rings (SSSR count). The number of unbranched alkanes of at least 4 members (excludes halogenated alkanes) is 27. The Morgan fingerprint density at radius 2 is 0.488 bits per heavy atom. The predicted octanol–water partition coefficient (Wildman–Crippen LogP) is 11.9. The van der Waals surface area contributed by atoms with Gasteiger partial charge in [-0.2, -0.15) is 0 Å². The molecular formula is C37H78NO4S-. The van der Waals surface area contributed by atoms with E-state index in [2.05, 4.69) is 27.8 Å². The Morgan fingerprint density at radius 3 is 0.651 bits per heavy atom.